The second kappa shape index (κ2) is 7.33. The molecule has 1 rings (SSSR count). The summed E-state index contributed by atoms with van der Waals surface area (Å²) in [6, 6.07) is 0.268. The molecule has 3 N–H and O–H groups in total. The number of nitrogens with zero attached hydrogens (tertiary/aromatic N) is 2. The van der Waals surface area contributed by atoms with Crippen LogP contribution >= 0.6 is 0 Å². The van der Waals surface area contributed by atoms with Gasteiger partial charge in [0.25, 0.3) is 0 Å². The molecule has 0 aliphatic carbocycles. The van der Waals surface area contributed by atoms with E-state index in [1.165, 1.54) is 0 Å². The predicted octanol–water partition coefficient (Wildman–Crippen LogP) is -0.267. The highest BCUT2D eigenvalue weighted by Crippen LogP contribution is 2.08. The third-order valence-corrected chi connectivity index (χ3v) is 3.30. The molecule has 6 heteroatoms. The number of hydrogen-bond donors (Lipinski definition) is 2. The fraction of sp³-hybridized carbons (Fsp3) is 0.833. The van der Waals surface area contributed by atoms with E-state index in [1.807, 2.05) is 0 Å². The molecule has 0 saturated carbocycles. The summed E-state index contributed by atoms with van der Waals surface area (Å²) in [5, 5.41) is 8.53. The fourth-order valence-corrected chi connectivity index (χ4v) is 2.02. The Bertz CT molecular complexity index is 288. The quantitative estimate of drug-likeness (QED) is 0.684. The first kappa shape index (κ1) is 14.9. The van der Waals surface area contributed by atoms with Crippen molar-refractivity contribution in [2.75, 3.05) is 33.2 Å². The van der Waals surface area contributed by atoms with Crippen LogP contribution in [0.1, 0.15) is 25.7 Å². The molecule has 18 heavy (non-hydrogen) atoms. The van der Waals surface area contributed by atoms with Crippen LogP contribution in [0.2, 0.25) is 0 Å². The lowest BCUT2D eigenvalue weighted by Gasteiger charge is -2.30. The Hall–Kier alpha value is -1.14. The third kappa shape index (κ3) is 5.46. The maximum Gasteiger partial charge on any atom is 0.303 e. The molecule has 1 amide bonds. The number of nitrogens with two attached hydrogens (primary N) is 1. The summed E-state index contributed by atoms with van der Waals surface area (Å²) in [5.41, 5.74) is 5.80. The van der Waals surface area contributed by atoms with E-state index in [0.717, 1.165) is 25.9 Å². The molecule has 1 saturated heterocycles. The number of carboxylic acid groups (broad SMARTS) is 1. The molecule has 104 valence electrons. The number of carbonyl (C=O) groups is 2. The number of rotatable bonds is 6. The Labute approximate surface area is 108 Å². The van der Waals surface area contributed by atoms with Crippen LogP contribution in [-0.2, 0) is 9.59 Å². The Balaban J connectivity index is 2.20. The van der Waals surface area contributed by atoms with Crippen molar-refractivity contribution in [1.29, 1.82) is 0 Å². The van der Waals surface area contributed by atoms with E-state index in [0.29, 0.717) is 19.5 Å². The van der Waals surface area contributed by atoms with Gasteiger partial charge in [0.2, 0.25) is 5.91 Å². The lowest BCUT2D eigenvalue weighted by Crippen LogP contribution is -2.45. The molecule has 6 nitrogen and oxygen atoms in total. The van der Waals surface area contributed by atoms with Gasteiger partial charge in [-0.25, -0.2) is 0 Å². The monoisotopic (exact) mass is 257 g/mol. The lowest BCUT2D eigenvalue weighted by molar-refractivity contribution is -0.138. The summed E-state index contributed by atoms with van der Waals surface area (Å²) in [4.78, 5) is 26.0. The minimum absolute atomic E-state index is 0.0517. The van der Waals surface area contributed by atoms with Gasteiger partial charge in [0.1, 0.15) is 0 Å². The first-order chi connectivity index (χ1) is 8.49. The van der Waals surface area contributed by atoms with Crippen LogP contribution < -0.4 is 5.73 Å². The molecular formula is C12H23N3O3. The summed E-state index contributed by atoms with van der Waals surface area (Å²) in [7, 11) is 1.72. The molecule has 0 unspecified atom stereocenters. The average molecular weight is 257 g/mol. The van der Waals surface area contributed by atoms with Gasteiger partial charge >= 0.3 is 5.97 Å². The molecule has 0 radical (unpaired) electrons. The molecule has 1 heterocycles. The molecule has 0 bridgehead atoms. The van der Waals surface area contributed by atoms with Crippen LogP contribution in [0.25, 0.3) is 0 Å². The topological polar surface area (TPSA) is 86.9 Å². The van der Waals surface area contributed by atoms with E-state index < -0.39 is 5.97 Å². The third-order valence-electron chi connectivity index (χ3n) is 3.30. The van der Waals surface area contributed by atoms with Gasteiger partial charge in [0.15, 0.2) is 0 Å². The van der Waals surface area contributed by atoms with Crippen LogP contribution in [-0.4, -0.2) is 66.1 Å². The molecule has 0 aromatic carbocycles. The Morgan fingerprint density at radius 1 is 1.39 bits per heavy atom. The lowest BCUT2D eigenvalue weighted by atomic mass is 10.1. The van der Waals surface area contributed by atoms with Crippen molar-refractivity contribution in [3.63, 3.8) is 0 Å². The summed E-state index contributed by atoms with van der Waals surface area (Å²) in [5.74, 6) is -0.767. The number of carboxylic acids is 1. The van der Waals surface area contributed by atoms with Crippen LogP contribution in [0, 0.1) is 0 Å². The minimum Gasteiger partial charge on any atom is -0.481 e. The Kier molecular flexibility index (Phi) is 6.07. The zero-order chi connectivity index (χ0) is 13.5. The zero-order valence-electron chi connectivity index (χ0n) is 11.0. The van der Waals surface area contributed by atoms with Gasteiger partial charge in [0, 0.05) is 39.1 Å². The number of aliphatic carboxylic acids is 1. The Morgan fingerprint density at radius 2 is 2.00 bits per heavy atom. The first-order valence-corrected chi connectivity index (χ1v) is 6.42. The van der Waals surface area contributed by atoms with E-state index in [4.69, 9.17) is 10.8 Å². The van der Waals surface area contributed by atoms with Crippen molar-refractivity contribution in [3.8, 4) is 0 Å². The van der Waals surface area contributed by atoms with E-state index in [1.54, 1.807) is 11.9 Å². The molecule has 0 aromatic rings. The van der Waals surface area contributed by atoms with Gasteiger partial charge in [-0.3, -0.25) is 14.5 Å². The van der Waals surface area contributed by atoms with Gasteiger partial charge in [-0.1, -0.05) is 0 Å². The summed E-state index contributed by atoms with van der Waals surface area (Å²) in [6.07, 6.45) is 2.49. The molecule has 0 spiro atoms. The predicted molar refractivity (Wildman–Crippen MR) is 68.2 cm³/mol. The summed E-state index contributed by atoms with van der Waals surface area (Å²) < 4.78 is 0. The van der Waals surface area contributed by atoms with E-state index >= 15 is 0 Å². The zero-order valence-corrected chi connectivity index (χ0v) is 11.0. The van der Waals surface area contributed by atoms with Crippen molar-refractivity contribution < 1.29 is 14.7 Å². The summed E-state index contributed by atoms with van der Waals surface area (Å²) in [6.45, 7) is 2.65. The van der Waals surface area contributed by atoms with E-state index in [-0.39, 0.29) is 18.4 Å². The number of likely N-dealkylation sites (tertiary alicyclic amines) is 1. The van der Waals surface area contributed by atoms with Crippen LogP contribution in [0.4, 0.5) is 0 Å². The largest absolute Gasteiger partial charge is 0.481 e. The second-order valence-electron chi connectivity index (χ2n) is 4.93. The van der Waals surface area contributed by atoms with Gasteiger partial charge in [0.05, 0.1) is 6.54 Å². The summed E-state index contributed by atoms with van der Waals surface area (Å²) >= 11 is 0. The average Bonchev–Trinajstić information content (AvgIpc) is 2.31. The van der Waals surface area contributed by atoms with Crippen LogP contribution in [0.5, 0.6) is 0 Å². The van der Waals surface area contributed by atoms with Gasteiger partial charge in [-0.15, -0.1) is 0 Å². The maximum absolute atomic E-state index is 11.9. The number of carbonyl (C=O) groups excluding carboxylic acids is 1. The molecule has 1 aliphatic rings. The van der Waals surface area contributed by atoms with Crippen molar-refractivity contribution in [3.05, 3.63) is 0 Å². The number of likely N-dealkylation sites (N-methyl/N-ethyl adjacent to an activating group) is 1. The van der Waals surface area contributed by atoms with Crippen molar-refractivity contribution in [2.45, 2.75) is 31.7 Å². The van der Waals surface area contributed by atoms with E-state index in [9.17, 15) is 9.59 Å². The standard InChI is InChI=1S/C12H23N3O3/c1-14(6-2-3-12(17)18)11(16)9-15-7-4-10(13)5-8-15/h10H,2-9,13H2,1H3,(H,17,18). The van der Waals surface area contributed by atoms with Gasteiger partial charge in [-0.05, 0) is 19.3 Å². The highest BCUT2D eigenvalue weighted by molar-refractivity contribution is 5.78. The maximum atomic E-state index is 11.9. The van der Waals surface area contributed by atoms with Crippen LogP contribution in [0.15, 0.2) is 0 Å². The molecule has 1 fully saturated rings. The number of hydrogen-bond acceptors (Lipinski definition) is 4. The van der Waals surface area contributed by atoms with Gasteiger partial charge < -0.3 is 15.7 Å². The first-order valence-electron chi connectivity index (χ1n) is 6.42. The Morgan fingerprint density at radius 3 is 2.56 bits per heavy atom. The van der Waals surface area contributed by atoms with Crippen LogP contribution in [0.3, 0.4) is 0 Å². The highest BCUT2D eigenvalue weighted by atomic mass is 16.4. The molecule has 0 atom stereocenters. The number of piperidine rings is 1. The SMILES string of the molecule is CN(CCCC(=O)O)C(=O)CN1CCC(N)CC1. The van der Waals surface area contributed by atoms with Crippen molar-refractivity contribution >= 4 is 11.9 Å². The second-order valence-corrected chi connectivity index (χ2v) is 4.93. The number of amides is 1. The molecule has 1 aliphatic heterocycles. The van der Waals surface area contributed by atoms with Crippen molar-refractivity contribution in [1.82, 2.24) is 9.80 Å². The van der Waals surface area contributed by atoms with Gasteiger partial charge in [-0.2, -0.15) is 0 Å². The normalized spacial score (nSPS) is 17.7. The molecule has 0 aromatic heterocycles. The fourth-order valence-electron chi connectivity index (χ4n) is 2.02. The molecular weight excluding hydrogens is 234 g/mol. The smallest absolute Gasteiger partial charge is 0.303 e. The minimum atomic E-state index is -0.819. The van der Waals surface area contributed by atoms with Crippen molar-refractivity contribution in [2.24, 2.45) is 5.73 Å². The highest BCUT2D eigenvalue weighted by Gasteiger charge is 2.19. The van der Waals surface area contributed by atoms with E-state index in [2.05, 4.69) is 4.90 Å².